The highest BCUT2D eigenvalue weighted by Crippen LogP contribution is 2.08. The second-order valence-electron chi connectivity index (χ2n) is 3.87. The molecule has 1 saturated heterocycles. The largest absolute Gasteiger partial charge is 0.464 e. The summed E-state index contributed by atoms with van der Waals surface area (Å²) in [5, 5.41) is 12.1. The normalized spacial score (nSPS) is 28.0. The predicted octanol–water partition coefficient (Wildman–Crippen LogP) is -0.0916. The van der Waals surface area contributed by atoms with Crippen LogP contribution in [0.4, 0.5) is 0 Å². The lowest BCUT2D eigenvalue weighted by atomic mass is 10.2. The van der Waals surface area contributed by atoms with E-state index < -0.39 is 6.10 Å². The maximum absolute atomic E-state index is 11.3. The van der Waals surface area contributed by atoms with E-state index in [0.717, 1.165) is 0 Å². The van der Waals surface area contributed by atoms with E-state index in [9.17, 15) is 4.79 Å². The molecule has 13 heavy (non-hydrogen) atoms. The van der Waals surface area contributed by atoms with Gasteiger partial charge in [0.15, 0.2) is 0 Å². The van der Waals surface area contributed by atoms with E-state index in [4.69, 9.17) is 9.84 Å². The van der Waals surface area contributed by atoms with Gasteiger partial charge in [-0.2, -0.15) is 0 Å². The lowest BCUT2D eigenvalue weighted by Gasteiger charge is -2.11. The summed E-state index contributed by atoms with van der Waals surface area (Å²) < 4.78 is 5.02. The van der Waals surface area contributed by atoms with E-state index in [0.29, 0.717) is 25.5 Å². The summed E-state index contributed by atoms with van der Waals surface area (Å²) in [5.74, 6) is 0.112. The van der Waals surface area contributed by atoms with Crippen LogP contribution < -0.4 is 5.32 Å². The highest BCUT2D eigenvalue weighted by Gasteiger charge is 2.29. The molecule has 76 valence electrons. The Bertz CT molecular complexity index is 182. The molecule has 0 saturated carbocycles. The van der Waals surface area contributed by atoms with E-state index in [1.165, 1.54) is 0 Å². The van der Waals surface area contributed by atoms with Crippen LogP contribution in [0, 0.1) is 5.92 Å². The average molecular weight is 187 g/mol. The molecule has 0 radical (unpaired) electrons. The van der Waals surface area contributed by atoms with Crippen molar-refractivity contribution in [2.75, 3.05) is 13.2 Å². The van der Waals surface area contributed by atoms with Crippen LogP contribution in [0.1, 0.15) is 20.3 Å². The SMILES string of the molecule is CC(C)COC(=O)C1CC(O)CN1. The fourth-order valence-corrected chi connectivity index (χ4v) is 1.25. The van der Waals surface area contributed by atoms with Gasteiger partial charge in [0.2, 0.25) is 0 Å². The Labute approximate surface area is 78.3 Å². The molecule has 0 spiro atoms. The van der Waals surface area contributed by atoms with Crippen molar-refractivity contribution in [1.82, 2.24) is 5.32 Å². The van der Waals surface area contributed by atoms with Crippen LogP contribution in [-0.2, 0) is 9.53 Å². The lowest BCUT2D eigenvalue weighted by molar-refractivity contribution is -0.147. The van der Waals surface area contributed by atoms with Gasteiger partial charge < -0.3 is 15.2 Å². The second kappa shape index (κ2) is 4.58. The minimum atomic E-state index is -0.406. The van der Waals surface area contributed by atoms with Crippen LogP contribution in [0.5, 0.6) is 0 Å². The second-order valence-corrected chi connectivity index (χ2v) is 3.87. The Morgan fingerprint density at radius 3 is 2.85 bits per heavy atom. The van der Waals surface area contributed by atoms with E-state index >= 15 is 0 Å². The van der Waals surface area contributed by atoms with Crippen LogP contribution >= 0.6 is 0 Å². The van der Waals surface area contributed by atoms with E-state index in [1.54, 1.807) is 0 Å². The van der Waals surface area contributed by atoms with Crippen molar-refractivity contribution in [3.63, 3.8) is 0 Å². The fourth-order valence-electron chi connectivity index (χ4n) is 1.25. The van der Waals surface area contributed by atoms with Gasteiger partial charge in [0.1, 0.15) is 6.04 Å². The summed E-state index contributed by atoms with van der Waals surface area (Å²) in [6, 6.07) is -0.311. The van der Waals surface area contributed by atoms with Gasteiger partial charge in [0.05, 0.1) is 12.7 Å². The number of carbonyl (C=O) groups is 1. The maximum atomic E-state index is 11.3. The number of hydrogen-bond donors (Lipinski definition) is 2. The molecule has 0 aliphatic carbocycles. The molecule has 1 rings (SSSR count). The number of β-amino-alcohol motifs (C(OH)–C–C–N with tert-alkyl or cyclic N) is 1. The number of aliphatic hydroxyl groups is 1. The molecule has 0 aromatic rings. The van der Waals surface area contributed by atoms with Crippen LogP contribution in [-0.4, -0.2) is 36.4 Å². The highest BCUT2D eigenvalue weighted by molar-refractivity contribution is 5.76. The number of nitrogens with one attached hydrogen (secondary N) is 1. The molecule has 1 fully saturated rings. The van der Waals surface area contributed by atoms with Gasteiger partial charge in [-0.15, -0.1) is 0 Å². The third-order valence-corrected chi connectivity index (χ3v) is 1.95. The van der Waals surface area contributed by atoms with Gasteiger partial charge in [0, 0.05) is 13.0 Å². The summed E-state index contributed by atoms with van der Waals surface area (Å²) in [6.45, 7) is 4.92. The van der Waals surface area contributed by atoms with Gasteiger partial charge in [-0.1, -0.05) is 13.8 Å². The fraction of sp³-hybridized carbons (Fsp3) is 0.889. The maximum Gasteiger partial charge on any atom is 0.323 e. The first kappa shape index (κ1) is 10.5. The van der Waals surface area contributed by atoms with Crippen molar-refractivity contribution in [2.24, 2.45) is 5.92 Å². The van der Waals surface area contributed by atoms with E-state index in [2.05, 4.69) is 5.32 Å². The zero-order valence-corrected chi connectivity index (χ0v) is 8.12. The number of ether oxygens (including phenoxy) is 1. The Morgan fingerprint density at radius 2 is 2.38 bits per heavy atom. The molecule has 1 aliphatic heterocycles. The molecule has 4 heteroatoms. The van der Waals surface area contributed by atoms with E-state index in [-0.39, 0.29) is 12.0 Å². The zero-order chi connectivity index (χ0) is 9.84. The molecule has 0 aromatic heterocycles. The Morgan fingerprint density at radius 1 is 1.69 bits per heavy atom. The summed E-state index contributed by atoms with van der Waals surface area (Å²) >= 11 is 0. The lowest BCUT2D eigenvalue weighted by Crippen LogP contribution is -2.33. The summed E-state index contributed by atoms with van der Waals surface area (Å²) in [5.41, 5.74) is 0. The van der Waals surface area contributed by atoms with Crippen molar-refractivity contribution in [1.29, 1.82) is 0 Å². The molecule has 2 atom stereocenters. The third-order valence-electron chi connectivity index (χ3n) is 1.95. The predicted molar refractivity (Wildman–Crippen MR) is 48.2 cm³/mol. The zero-order valence-electron chi connectivity index (χ0n) is 8.12. The van der Waals surface area contributed by atoms with Crippen molar-refractivity contribution in [3.8, 4) is 0 Å². The van der Waals surface area contributed by atoms with Crippen molar-refractivity contribution in [2.45, 2.75) is 32.4 Å². The van der Waals surface area contributed by atoms with E-state index in [1.807, 2.05) is 13.8 Å². The van der Waals surface area contributed by atoms with Gasteiger partial charge in [-0.25, -0.2) is 0 Å². The summed E-state index contributed by atoms with van der Waals surface area (Å²) in [4.78, 5) is 11.3. The first-order valence-corrected chi connectivity index (χ1v) is 4.67. The molecular formula is C9H17NO3. The Balaban J connectivity index is 2.24. The number of esters is 1. The molecule has 0 amide bonds. The van der Waals surface area contributed by atoms with Crippen LogP contribution in [0.15, 0.2) is 0 Å². The molecule has 4 nitrogen and oxygen atoms in total. The summed E-state index contributed by atoms with van der Waals surface area (Å²) in [6.07, 6.45) is 0.0632. The molecule has 2 unspecified atom stereocenters. The molecule has 0 bridgehead atoms. The highest BCUT2D eigenvalue weighted by atomic mass is 16.5. The number of rotatable bonds is 3. The van der Waals surface area contributed by atoms with Gasteiger partial charge >= 0.3 is 5.97 Å². The monoisotopic (exact) mass is 187 g/mol. The summed E-state index contributed by atoms with van der Waals surface area (Å²) in [7, 11) is 0. The van der Waals surface area contributed by atoms with Crippen LogP contribution in [0.2, 0.25) is 0 Å². The van der Waals surface area contributed by atoms with Crippen molar-refractivity contribution >= 4 is 5.97 Å². The van der Waals surface area contributed by atoms with Gasteiger partial charge in [-0.3, -0.25) is 4.79 Å². The number of carbonyl (C=O) groups excluding carboxylic acids is 1. The molecule has 1 heterocycles. The van der Waals surface area contributed by atoms with Crippen molar-refractivity contribution in [3.05, 3.63) is 0 Å². The Hall–Kier alpha value is -0.610. The van der Waals surface area contributed by atoms with Gasteiger partial charge in [-0.05, 0) is 5.92 Å². The third kappa shape index (κ3) is 3.32. The first-order valence-electron chi connectivity index (χ1n) is 4.67. The number of aliphatic hydroxyl groups excluding tert-OH is 1. The van der Waals surface area contributed by atoms with Crippen molar-refractivity contribution < 1.29 is 14.6 Å². The first-order chi connectivity index (χ1) is 6.09. The van der Waals surface area contributed by atoms with Crippen LogP contribution in [0.3, 0.4) is 0 Å². The average Bonchev–Trinajstić information content (AvgIpc) is 2.47. The topological polar surface area (TPSA) is 58.6 Å². The molecule has 2 N–H and O–H groups in total. The molecule has 0 aromatic carbocycles. The van der Waals surface area contributed by atoms with Gasteiger partial charge in [0.25, 0.3) is 0 Å². The molecular weight excluding hydrogens is 170 g/mol. The minimum absolute atomic E-state index is 0.245. The Kier molecular flexibility index (Phi) is 3.69. The van der Waals surface area contributed by atoms with Crippen LogP contribution in [0.25, 0.3) is 0 Å². The standard InChI is InChI=1S/C9H17NO3/c1-6(2)5-13-9(12)8-3-7(11)4-10-8/h6-8,10-11H,3-5H2,1-2H3. The quantitative estimate of drug-likeness (QED) is 0.606. The smallest absolute Gasteiger partial charge is 0.323 e. The minimum Gasteiger partial charge on any atom is -0.464 e. The molecule has 1 aliphatic rings. The number of hydrogen-bond acceptors (Lipinski definition) is 4.